The molecule has 0 fully saturated rings. The molecule has 1 heterocycles. The third kappa shape index (κ3) is 5.99. The minimum atomic E-state index is 0.129. The number of aromatic nitrogens is 1. The lowest BCUT2D eigenvalue weighted by Gasteiger charge is -2.17. The summed E-state index contributed by atoms with van der Waals surface area (Å²) in [5.74, 6) is 0. The van der Waals surface area contributed by atoms with Crippen LogP contribution in [0.25, 0.3) is 0 Å². The second-order valence-electron chi connectivity index (χ2n) is 4.87. The Morgan fingerprint density at radius 3 is 2.78 bits per heavy atom. The molecule has 1 aromatic carbocycles. The number of nitrogens with one attached hydrogen (secondary N) is 2. The van der Waals surface area contributed by atoms with Gasteiger partial charge in [-0.15, -0.1) is 0 Å². The maximum absolute atomic E-state index is 5.92. The van der Waals surface area contributed by atoms with E-state index in [1.807, 2.05) is 43.3 Å². The van der Waals surface area contributed by atoms with Gasteiger partial charge in [-0.3, -0.25) is 0 Å². The number of methoxy groups -OCH3 is 1. The predicted octanol–water partition coefficient (Wildman–Crippen LogP) is 4.21. The smallest absolute Gasteiger partial charge is 0.171 e. The molecule has 0 unspecified atom stereocenters. The van der Waals surface area contributed by atoms with Gasteiger partial charge < -0.3 is 15.4 Å². The lowest BCUT2D eigenvalue weighted by atomic mass is 10.4. The van der Waals surface area contributed by atoms with Crippen LogP contribution < -0.4 is 10.6 Å². The first-order valence-corrected chi connectivity index (χ1v) is 8.63. The minimum absolute atomic E-state index is 0.129. The highest BCUT2D eigenvalue weighted by Gasteiger charge is 2.09. The third-order valence-corrected chi connectivity index (χ3v) is 4.34. The number of anilines is 1. The molecule has 2 rings (SSSR count). The SMILES string of the molecule is COC[C@@H](C)NC(=S)Nc1cccnc1Sc1ccc(Cl)cc1. The van der Waals surface area contributed by atoms with Gasteiger partial charge in [-0.05, 0) is 55.5 Å². The van der Waals surface area contributed by atoms with Gasteiger partial charge >= 0.3 is 0 Å². The topological polar surface area (TPSA) is 46.2 Å². The predicted molar refractivity (Wildman–Crippen MR) is 101 cm³/mol. The van der Waals surface area contributed by atoms with Crippen LogP contribution in [0.4, 0.5) is 5.69 Å². The molecule has 1 aromatic heterocycles. The average molecular weight is 368 g/mol. The number of pyridine rings is 1. The van der Waals surface area contributed by atoms with Crippen molar-refractivity contribution in [1.29, 1.82) is 0 Å². The molecular formula is C16H18ClN3OS2. The number of nitrogens with zero attached hydrogens (tertiary/aromatic N) is 1. The number of hydrogen-bond donors (Lipinski definition) is 2. The minimum Gasteiger partial charge on any atom is -0.383 e. The van der Waals surface area contributed by atoms with Crippen LogP contribution in [0.15, 0.2) is 52.5 Å². The zero-order valence-corrected chi connectivity index (χ0v) is 15.3. The summed E-state index contributed by atoms with van der Waals surface area (Å²) in [6.45, 7) is 2.59. The first kappa shape index (κ1) is 18.0. The summed E-state index contributed by atoms with van der Waals surface area (Å²) < 4.78 is 5.09. The fourth-order valence-electron chi connectivity index (χ4n) is 1.86. The Kier molecular flexibility index (Phi) is 7.11. The van der Waals surface area contributed by atoms with Crippen molar-refractivity contribution in [1.82, 2.24) is 10.3 Å². The molecule has 0 amide bonds. The summed E-state index contributed by atoms with van der Waals surface area (Å²) in [5, 5.41) is 8.46. The molecule has 0 aliphatic heterocycles. The van der Waals surface area contributed by atoms with Crippen molar-refractivity contribution >= 4 is 46.4 Å². The van der Waals surface area contributed by atoms with E-state index in [-0.39, 0.29) is 6.04 Å². The molecule has 0 saturated heterocycles. The number of halogens is 1. The molecule has 2 aromatic rings. The molecule has 0 spiro atoms. The Balaban J connectivity index is 2.05. The monoisotopic (exact) mass is 367 g/mol. The Morgan fingerprint density at radius 2 is 2.09 bits per heavy atom. The van der Waals surface area contributed by atoms with Crippen LogP contribution in [0.2, 0.25) is 5.02 Å². The van der Waals surface area contributed by atoms with Crippen molar-refractivity contribution in [2.24, 2.45) is 0 Å². The second kappa shape index (κ2) is 9.08. The second-order valence-corrected chi connectivity index (χ2v) is 6.77. The molecule has 7 heteroatoms. The molecule has 4 nitrogen and oxygen atoms in total. The van der Waals surface area contributed by atoms with Crippen molar-refractivity contribution in [3.8, 4) is 0 Å². The quantitative estimate of drug-likeness (QED) is 0.746. The summed E-state index contributed by atoms with van der Waals surface area (Å²) in [7, 11) is 1.66. The van der Waals surface area contributed by atoms with Crippen molar-refractivity contribution in [3.05, 3.63) is 47.6 Å². The van der Waals surface area contributed by atoms with E-state index in [9.17, 15) is 0 Å². The van der Waals surface area contributed by atoms with Gasteiger partial charge in [0, 0.05) is 29.3 Å². The highest BCUT2D eigenvalue weighted by molar-refractivity contribution is 7.99. The highest BCUT2D eigenvalue weighted by atomic mass is 35.5. The van der Waals surface area contributed by atoms with E-state index in [0.29, 0.717) is 16.7 Å². The van der Waals surface area contributed by atoms with E-state index in [2.05, 4.69) is 15.6 Å². The molecule has 0 aliphatic rings. The van der Waals surface area contributed by atoms with Crippen LogP contribution in [0, 0.1) is 0 Å². The van der Waals surface area contributed by atoms with Gasteiger partial charge in [-0.25, -0.2) is 4.98 Å². The summed E-state index contributed by atoms with van der Waals surface area (Å²) >= 11 is 12.8. The Labute approximate surface area is 151 Å². The first-order chi connectivity index (χ1) is 11.1. The molecule has 0 radical (unpaired) electrons. The highest BCUT2D eigenvalue weighted by Crippen LogP contribution is 2.32. The van der Waals surface area contributed by atoms with E-state index in [1.165, 1.54) is 0 Å². The largest absolute Gasteiger partial charge is 0.383 e. The summed E-state index contributed by atoms with van der Waals surface area (Å²) in [5.41, 5.74) is 0.856. The molecule has 1 atom stereocenters. The van der Waals surface area contributed by atoms with Gasteiger partial charge in [0.1, 0.15) is 5.03 Å². The molecule has 2 N–H and O–H groups in total. The Hall–Kier alpha value is -1.34. The van der Waals surface area contributed by atoms with Gasteiger partial charge in [0.25, 0.3) is 0 Å². The normalized spacial score (nSPS) is 11.8. The van der Waals surface area contributed by atoms with Crippen LogP contribution in [-0.2, 0) is 4.74 Å². The third-order valence-electron chi connectivity index (χ3n) is 2.84. The van der Waals surface area contributed by atoms with Gasteiger partial charge in [0.2, 0.25) is 0 Å². The van der Waals surface area contributed by atoms with Crippen LogP contribution in [0.1, 0.15) is 6.92 Å². The Morgan fingerprint density at radius 1 is 1.35 bits per heavy atom. The maximum atomic E-state index is 5.92. The lowest BCUT2D eigenvalue weighted by molar-refractivity contribution is 0.179. The average Bonchev–Trinajstić information content (AvgIpc) is 2.51. The van der Waals surface area contributed by atoms with E-state index < -0.39 is 0 Å². The van der Waals surface area contributed by atoms with Crippen molar-refractivity contribution < 1.29 is 4.74 Å². The molecule has 122 valence electrons. The van der Waals surface area contributed by atoms with Gasteiger partial charge in [0.15, 0.2) is 5.11 Å². The molecule has 0 saturated carbocycles. The molecule has 0 aliphatic carbocycles. The van der Waals surface area contributed by atoms with Crippen LogP contribution in [0.3, 0.4) is 0 Å². The zero-order valence-electron chi connectivity index (χ0n) is 12.9. The molecule has 0 bridgehead atoms. The number of benzene rings is 1. The number of ether oxygens (including phenoxy) is 1. The number of rotatable bonds is 6. The first-order valence-electron chi connectivity index (χ1n) is 7.03. The zero-order chi connectivity index (χ0) is 16.7. The Bertz CT molecular complexity index is 652. The molecule has 23 heavy (non-hydrogen) atoms. The number of hydrogen-bond acceptors (Lipinski definition) is 4. The maximum Gasteiger partial charge on any atom is 0.171 e. The standard InChI is InChI=1S/C16H18ClN3OS2/c1-11(10-21-2)19-16(22)20-14-4-3-9-18-15(14)23-13-7-5-12(17)6-8-13/h3-9,11H,10H2,1-2H3,(H2,19,20,22)/t11-/m1/s1. The summed E-state index contributed by atoms with van der Waals surface area (Å²) in [6.07, 6.45) is 1.76. The summed E-state index contributed by atoms with van der Waals surface area (Å²) in [6, 6.07) is 11.6. The lowest BCUT2D eigenvalue weighted by Crippen LogP contribution is -2.38. The summed E-state index contributed by atoms with van der Waals surface area (Å²) in [4.78, 5) is 5.48. The van der Waals surface area contributed by atoms with Crippen LogP contribution >= 0.6 is 35.6 Å². The van der Waals surface area contributed by atoms with E-state index >= 15 is 0 Å². The van der Waals surface area contributed by atoms with Gasteiger partial charge in [-0.1, -0.05) is 23.4 Å². The number of thiocarbonyl (C=S) groups is 1. The fraction of sp³-hybridized carbons (Fsp3) is 0.250. The van der Waals surface area contributed by atoms with Crippen LogP contribution in [0.5, 0.6) is 0 Å². The van der Waals surface area contributed by atoms with Gasteiger partial charge in [-0.2, -0.15) is 0 Å². The van der Waals surface area contributed by atoms with E-state index in [4.69, 9.17) is 28.6 Å². The van der Waals surface area contributed by atoms with Gasteiger partial charge in [0.05, 0.1) is 12.3 Å². The molecular weight excluding hydrogens is 350 g/mol. The fourth-order valence-corrected chi connectivity index (χ4v) is 3.13. The van der Waals surface area contributed by atoms with E-state index in [0.717, 1.165) is 15.6 Å². The van der Waals surface area contributed by atoms with Crippen molar-refractivity contribution in [2.75, 3.05) is 19.0 Å². The van der Waals surface area contributed by atoms with Crippen molar-refractivity contribution in [2.45, 2.75) is 22.9 Å². The van der Waals surface area contributed by atoms with Crippen LogP contribution in [-0.4, -0.2) is 29.9 Å². The van der Waals surface area contributed by atoms with Crippen molar-refractivity contribution in [3.63, 3.8) is 0 Å². The van der Waals surface area contributed by atoms with E-state index in [1.54, 1.807) is 25.1 Å².